The van der Waals surface area contributed by atoms with E-state index in [2.05, 4.69) is 4.99 Å². The first-order chi connectivity index (χ1) is 18.4. The molecule has 1 N–H and O–H groups in total. The molecule has 3 aromatic rings. The second kappa shape index (κ2) is 10.8. The van der Waals surface area contributed by atoms with E-state index < -0.39 is 40.4 Å². The molecule has 1 atom stereocenters. The monoisotopic (exact) mass is 539 g/mol. The number of ketones is 1. The number of carbonyl (C=O) groups excluding carboxylic acids is 1. The Morgan fingerprint density at radius 3 is 2.33 bits per heavy atom. The van der Waals surface area contributed by atoms with Crippen LogP contribution in [0.5, 0.6) is 5.75 Å². The van der Waals surface area contributed by atoms with Crippen molar-refractivity contribution in [2.45, 2.75) is 38.4 Å². The third-order valence-corrected chi connectivity index (χ3v) is 6.48. The molecule has 0 aromatic heterocycles. The molecule has 39 heavy (non-hydrogen) atoms. The van der Waals surface area contributed by atoms with E-state index in [4.69, 9.17) is 4.74 Å². The van der Waals surface area contributed by atoms with Crippen molar-refractivity contribution in [2.24, 2.45) is 4.99 Å². The van der Waals surface area contributed by atoms with Gasteiger partial charge in [0, 0.05) is 12.6 Å². The molecule has 1 aliphatic heterocycles. The number of hydrogen-bond donors (Lipinski definition) is 1. The topological polar surface area (TPSA) is 76.0 Å². The van der Waals surface area contributed by atoms with E-state index in [9.17, 15) is 32.3 Å². The van der Waals surface area contributed by atoms with E-state index in [1.54, 1.807) is 43.3 Å². The Hall–Kier alpha value is -4.27. The van der Waals surface area contributed by atoms with Gasteiger partial charge >= 0.3 is 12.1 Å². The Morgan fingerprint density at radius 2 is 1.72 bits per heavy atom. The van der Waals surface area contributed by atoms with Gasteiger partial charge in [0.25, 0.3) is 0 Å². The van der Waals surface area contributed by atoms with Crippen LogP contribution in [-0.2, 0) is 12.6 Å². The lowest BCUT2D eigenvalue weighted by atomic mass is 9.83. The summed E-state index contributed by atoms with van der Waals surface area (Å²) in [5, 5.41) is 9.54. The molecule has 0 bridgehead atoms. The fourth-order valence-electron chi connectivity index (χ4n) is 4.42. The number of Topliss-reactive ketones (excluding diaryl/α,β-unsaturated/α-hetero) is 1. The summed E-state index contributed by atoms with van der Waals surface area (Å²) in [7, 11) is 0. The molecule has 0 fully saturated rings. The van der Waals surface area contributed by atoms with Crippen LogP contribution < -0.4 is 4.74 Å². The minimum absolute atomic E-state index is 0.0656. The summed E-state index contributed by atoms with van der Waals surface area (Å²) in [6.07, 6.45) is 0.278. The Morgan fingerprint density at radius 1 is 1.00 bits per heavy atom. The van der Waals surface area contributed by atoms with Crippen LogP contribution >= 0.6 is 0 Å². The first-order valence-electron chi connectivity index (χ1n) is 12.2. The first-order valence-corrected chi connectivity index (χ1v) is 12.2. The number of carbonyl (C=O) groups is 2. The smallest absolute Gasteiger partial charge is 0.416 e. The number of carboxylic acid groups (broad SMARTS) is 1. The van der Waals surface area contributed by atoms with Crippen LogP contribution in [0.25, 0.3) is 11.1 Å². The van der Waals surface area contributed by atoms with Crippen molar-refractivity contribution in [1.82, 2.24) is 0 Å². The standard InChI is InChI=1S/C30H25F4NO4/c1-3-13-39-26-10-7-19(20-6-5-18(2)24(15-20)28(37)38)14-21(26)17-29(11-4-12-35-29)27(36)23-9-8-22(16-25(23)31)30(32,33)34/h4-12,14-16H,3,13,17H2,1-2H3,(H,37,38). The number of benzene rings is 3. The Kier molecular flexibility index (Phi) is 7.72. The average Bonchev–Trinajstić information content (AvgIpc) is 3.36. The van der Waals surface area contributed by atoms with Gasteiger partial charge in [-0.3, -0.25) is 9.79 Å². The van der Waals surface area contributed by atoms with Gasteiger partial charge in [-0.2, -0.15) is 13.2 Å². The third kappa shape index (κ3) is 5.77. The summed E-state index contributed by atoms with van der Waals surface area (Å²) < 4.78 is 59.8. The maximum absolute atomic E-state index is 14.8. The lowest BCUT2D eigenvalue weighted by Gasteiger charge is -2.25. The van der Waals surface area contributed by atoms with Crippen LogP contribution in [0.1, 0.15) is 50.8 Å². The highest BCUT2D eigenvalue weighted by Crippen LogP contribution is 2.36. The molecule has 0 aliphatic carbocycles. The van der Waals surface area contributed by atoms with Crippen molar-refractivity contribution < 1.29 is 37.0 Å². The number of ether oxygens (including phenoxy) is 1. The zero-order valence-electron chi connectivity index (χ0n) is 21.2. The average molecular weight is 540 g/mol. The van der Waals surface area contributed by atoms with Crippen molar-refractivity contribution in [3.63, 3.8) is 0 Å². The molecule has 0 amide bonds. The lowest BCUT2D eigenvalue weighted by Crippen LogP contribution is -2.36. The zero-order valence-corrected chi connectivity index (χ0v) is 21.2. The molecule has 0 saturated heterocycles. The lowest BCUT2D eigenvalue weighted by molar-refractivity contribution is -0.137. The molecule has 1 aliphatic rings. The van der Waals surface area contributed by atoms with Crippen molar-refractivity contribution in [3.05, 3.63) is 100 Å². The van der Waals surface area contributed by atoms with Crippen LogP contribution in [0.3, 0.4) is 0 Å². The number of aromatic carboxylic acids is 1. The minimum atomic E-state index is -4.76. The minimum Gasteiger partial charge on any atom is -0.493 e. The fraction of sp³-hybridized carbons (Fsp3) is 0.233. The van der Waals surface area contributed by atoms with E-state index >= 15 is 0 Å². The van der Waals surface area contributed by atoms with Gasteiger partial charge in [-0.15, -0.1) is 0 Å². The van der Waals surface area contributed by atoms with Gasteiger partial charge in [0.15, 0.2) is 5.78 Å². The normalized spacial score (nSPS) is 16.5. The van der Waals surface area contributed by atoms with Gasteiger partial charge in [0.1, 0.15) is 17.1 Å². The predicted molar refractivity (Wildman–Crippen MR) is 139 cm³/mol. The first kappa shape index (κ1) is 27.8. The number of alkyl halides is 3. The van der Waals surface area contributed by atoms with E-state index in [0.29, 0.717) is 53.2 Å². The molecular weight excluding hydrogens is 514 g/mol. The van der Waals surface area contributed by atoms with Crippen LogP contribution in [0.15, 0.2) is 71.7 Å². The van der Waals surface area contributed by atoms with Crippen LogP contribution in [0, 0.1) is 12.7 Å². The van der Waals surface area contributed by atoms with Gasteiger partial charge in [-0.05, 0) is 84.1 Å². The molecule has 1 heterocycles. The van der Waals surface area contributed by atoms with Crippen molar-refractivity contribution in [1.29, 1.82) is 0 Å². The summed E-state index contributed by atoms with van der Waals surface area (Å²) in [6, 6.07) is 12.0. The molecule has 202 valence electrons. The summed E-state index contributed by atoms with van der Waals surface area (Å²) in [5.41, 5.74) is -0.741. The number of carboxylic acids is 1. The third-order valence-electron chi connectivity index (χ3n) is 6.48. The van der Waals surface area contributed by atoms with Gasteiger partial charge in [-0.1, -0.05) is 25.1 Å². The SMILES string of the molecule is CCCOc1ccc(-c2ccc(C)c(C(=O)O)c2)cc1CC1(C(=O)c2ccc(C(F)(F)F)cc2F)C=CC=N1. The van der Waals surface area contributed by atoms with Gasteiger partial charge < -0.3 is 9.84 Å². The van der Waals surface area contributed by atoms with Gasteiger partial charge in [0.2, 0.25) is 0 Å². The Labute approximate surface area is 222 Å². The fourth-order valence-corrected chi connectivity index (χ4v) is 4.42. The van der Waals surface area contributed by atoms with Crippen molar-refractivity contribution >= 4 is 18.0 Å². The Balaban J connectivity index is 1.77. The number of aryl methyl sites for hydroxylation is 1. The molecule has 3 aromatic carbocycles. The summed E-state index contributed by atoms with van der Waals surface area (Å²) in [4.78, 5) is 29.6. The highest BCUT2D eigenvalue weighted by atomic mass is 19.4. The van der Waals surface area contributed by atoms with E-state index in [0.717, 1.165) is 6.07 Å². The number of halogens is 4. The number of aliphatic imine (C=N–C) groups is 1. The van der Waals surface area contributed by atoms with E-state index in [-0.39, 0.29) is 12.0 Å². The van der Waals surface area contributed by atoms with Gasteiger partial charge in [0.05, 0.1) is 23.3 Å². The quantitative estimate of drug-likeness (QED) is 0.232. The molecule has 1 unspecified atom stereocenters. The second-order valence-electron chi connectivity index (χ2n) is 9.27. The molecule has 0 radical (unpaired) electrons. The highest BCUT2D eigenvalue weighted by Gasteiger charge is 2.40. The van der Waals surface area contributed by atoms with Crippen LogP contribution in [-0.4, -0.2) is 35.2 Å². The molecule has 9 heteroatoms. The van der Waals surface area contributed by atoms with Crippen molar-refractivity contribution in [2.75, 3.05) is 6.61 Å². The molecule has 0 saturated carbocycles. The van der Waals surface area contributed by atoms with Crippen LogP contribution in [0.4, 0.5) is 17.6 Å². The molecule has 0 spiro atoms. The zero-order chi connectivity index (χ0) is 28.4. The molecule has 4 rings (SSSR count). The summed E-state index contributed by atoms with van der Waals surface area (Å²) >= 11 is 0. The van der Waals surface area contributed by atoms with Gasteiger partial charge in [-0.25, -0.2) is 9.18 Å². The number of nitrogens with zero attached hydrogens (tertiary/aromatic N) is 1. The predicted octanol–water partition coefficient (Wildman–Crippen LogP) is 7.11. The highest BCUT2D eigenvalue weighted by molar-refractivity contribution is 6.07. The Bertz CT molecular complexity index is 1480. The number of rotatable bonds is 9. The maximum Gasteiger partial charge on any atom is 0.416 e. The second-order valence-corrected chi connectivity index (χ2v) is 9.27. The summed E-state index contributed by atoms with van der Waals surface area (Å²) in [6.45, 7) is 4.00. The molecular formula is C30H25F4NO4. The van der Waals surface area contributed by atoms with E-state index in [1.807, 2.05) is 6.92 Å². The van der Waals surface area contributed by atoms with Crippen LogP contribution in [0.2, 0.25) is 0 Å². The number of hydrogen-bond acceptors (Lipinski definition) is 4. The van der Waals surface area contributed by atoms with Crippen molar-refractivity contribution in [3.8, 4) is 16.9 Å². The number of allylic oxidation sites excluding steroid dienone is 1. The molecule has 5 nitrogen and oxygen atoms in total. The maximum atomic E-state index is 14.8. The van der Waals surface area contributed by atoms with E-state index in [1.165, 1.54) is 18.4 Å². The summed E-state index contributed by atoms with van der Waals surface area (Å²) in [5.74, 6) is -2.69. The largest absolute Gasteiger partial charge is 0.493 e.